The van der Waals surface area contributed by atoms with E-state index in [1.54, 1.807) is 24.3 Å². The van der Waals surface area contributed by atoms with Crippen molar-refractivity contribution in [3.8, 4) is 11.5 Å². The van der Waals surface area contributed by atoms with Crippen LogP contribution in [0.25, 0.3) is 6.08 Å². The number of nitro benzene ring substituents is 1. The summed E-state index contributed by atoms with van der Waals surface area (Å²) in [6, 6.07) is 9.63. The maximum absolute atomic E-state index is 12.7. The van der Waals surface area contributed by atoms with Gasteiger partial charge in [0.05, 0.1) is 20.0 Å². The van der Waals surface area contributed by atoms with Crippen molar-refractivity contribution in [2.45, 2.75) is 39.8 Å². The van der Waals surface area contributed by atoms with Gasteiger partial charge in [0.25, 0.3) is 16.8 Å². The number of nitrogens with zero attached hydrogens (tertiary/aromatic N) is 2. The minimum Gasteiger partial charge on any atom is -0.490 e. The van der Waals surface area contributed by atoms with E-state index in [-0.39, 0.29) is 29.5 Å². The van der Waals surface area contributed by atoms with E-state index in [9.17, 15) is 19.7 Å². The van der Waals surface area contributed by atoms with Crippen LogP contribution in [0.1, 0.15) is 38.3 Å². The summed E-state index contributed by atoms with van der Waals surface area (Å²) in [5, 5.41) is 10.6. The minimum atomic E-state index is -0.447. The summed E-state index contributed by atoms with van der Waals surface area (Å²) in [6.07, 6.45) is 2.39. The van der Waals surface area contributed by atoms with Crippen LogP contribution in [0.2, 0.25) is 0 Å². The highest BCUT2D eigenvalue weighted by Crippen LogP contribution is 2.38. The molecule has 0 bridgehead atoms. The lowest BCUT2D eigenvalue weighted by molar-refractivity contribution is -0.384. The van der Waals surface area contributed by atoms with Crippen molar-refractivity contribution in [1.82, 2.24) is 4.90 Å². The molecule has 0 radical (unpaired) electrons. The number of benzene rings is 2. The molecule has 1 fully saturated rings. The molecule has 0 aliphatic carbocycles. The first-order valence-electron chi connectivity index (χ1n) is 10.3. The third kappa shape index (κ3) is 5.85. The summed E-state index contributed by atoms with van der Waals surface area (Å²) in [6.45, 7) is 6.27. The van der Waals surface area contributed by atoms with E-state index >= 15 is 0 Å². The van der Waals surface area contributed by atoms with Gasteiger partial charge in [0.2, 0.25) is 0 Å². The van der Waals surface area contributed by atoms with Gasteiger partial charge in [-0.3, -0.25) is 24.6 Å². The first-order chi connectivity index (χ1) is 15.7. The number of carbonyl (C=O) groups is 2. The summed E-state index contributed by atoms with van der Waals surface area (Å²) in [7, 11) is 0. The average molecular weight is 582 g/mol. The average Bonchev–Trinajstić information content (AvgIpc) is 3.05. The second kappa shape index (κ2) is 11.0. The number of hydrogen-bond donors (Lipinski definition) is 0. The highest BCUT2D eigenvalue weighted by molar-refractivity contribution is 14.1. The summed E-state index contributed by atoms with van der Waals surface area (Å²) in [4.78, 5) is 37.1. The molecule has 0 saturated carbocycles. The van der Waals surface area contributed by atoms with Crippen molar-refractivity contribution in [2.75, 3.05) is 6.61 Å². The van der Waals surface area contributed by atoms with Crippen molar-refractivity contribution in [3.05, 3.63) is 66.1 Å². The Morgan fingerprint density at radius 1 is 1.18 bits per heavy atom. The van der Waals surface area contributed by atoms with Crippen LogP contribution in [0.3, 0.4) is 0 Å². The van der Waals surface area contributed by atoms with Crippen LogP contribution in [-0.2, 0) is 11.4 Å². The second-order valence-electron chi connectivity index (χ2n) is 7.28. The highest BCUT2D eigenvalue weighted by Gasteiger charge is 2.37. The third-order valence-electron chi connectivity index (χ3n) is 5.01. The Labute approximate surface area is 209 Å². The maximum Gasteiger partial charge on any atom is 0.293 e. The minimum absolute atomic E-state index is 0.0189. The Morgan fingerprint density at radius 2 is 1.88 bits per heavy atom. The normalized spacial score (nSPS) is 15.8. The molecule has 1 atom stereocenters. The predicted molar refractivity (Wildman–Crippen MR) is 135 cm³/mol. The number of imide groups is 1. The van der Waals surface area contributed by atoms with Gasteiger partial charge in [0.1, 0.15) is 6.61 Å². The number of non-ortho nitro benzene ring substituents is 1. The smallest absolute Gasteiger partial charge is 0.293 e. The summed E-state index contributed by atoms with van der Waals surface area (Å²) in [5.74, 6) is 0.769. The molecule has 3 rings (SSSR count). The molecule has 174 valence electrons. The fraction of sp³-hybridized carbons (Fsp3) is 0.304. The van der Waals surface area contributed by atoms with E-state index in [4.69, 9.17) is 9.47 Å². The van der Waals surface area contributed by atoms with Crippen molar-refractivity contribution >= 4 is 57.3 Å². The lowest BCUT2D eigenvalue weighted by Crippen LogP contribution is -2.36. The van der Waals surface area contributed by atoms with Gasteiger partial charge in [-0.25, -0.2) is 0 Å². The summed E-state index contributed by atoms with van der Waals surface area (Å²) in [5.41, 5.74) is 1.52. The van der Waals surface area contributed by atoms with Crippen molar-refractivity contribution < 1.29 is 24.0 Å². The molecular weight excluding hydrogens is 559 g/mol. The van der Waals surface area contributed by atoms with E-state index < -0.39 is 4.92 Å². The number of rotatable bonds is 9. The van der Waals surface area contributed by atoms with E-state index in [2.05, 4.69) is 22.6 Å². The van der Waals surface area contributed by atoms with Crippen LogP contribution in [-0.4, -0.2) is 33.6 Å². The van der Waals surface area contributed by atoms with Crippen LogP contribution in [0, 0.1) is 13.7 Å². The number of halogens is 1. The van der Waals surface area contributed by atoms with Crippen molar-refractivity contribution in [1.29, 1.82) is 0 Å². The van der Waals surface area contributed by atoms with E-state index in [1.807, 2.05) is 26.8 Å². The topological polar surface area (TPSA) is 99.0 Å². The second-order valence-corrected chi connectivity index (χ2v) is 9.44. The molecule has 1 heterocycles. The van der Waals surface area contributed by atoms with Crippen molar-refractivity contribution in [3.63, 3.8) is 0 Å². The van der Waals surface area contributed by atoms with E-state index in [1.165, 1.54) is 17.0 Å². The molecular formula is C23H23IN2O6S. The SMILES string of the molecule is CCOc1cc(/C=C2/SC(=O)N([C@H](C)CC)C2=O)cc(I)c1OCc1ccc([N+](=O)[O-])cc1. The monoisotopic (exact) mass is 582 g/mol. The molecule has 0 spiro atoms. The van der Waals surface area contributed by atoms with Crippen LogP contribution < -0.4 is 9.47 Å². The molecule has 1 saturated heterocycles. The van der Waals surface area contributed by atoms with Gasteiger partial charge < -0.3 is 9.47 Å². The largest absolute Gasteiger partial charge is 0.490 e. The van der Waals surface area contributed by atoms with Gasteiger partial charge in [-0.05, 0) is 96.1 Å². The van der Waals surface area contributed by atoms with Crippen LogP contribution >= 0.6 is 34.4 Å². The summed E-state index contributed by atoms with van der Waals surface area (Å²) >= 11 is 3.07. The fourth-order valence-electron chi connectivity index (χ4n) is 3.14. The van der Waals surface area contributed by atoms with E-state index in [0.29, 0.717) is 29.4 Å². The molecule has 2 aromatic rings. The molecule has 10 heteroatoms. The maximum atomic E-state index is 12.7. The standard InChI is InChI=1S/C23H23IN2O6S/c1-4-14(3)25-22(27)20(33-23(25)28)12-16-10-18(24)21(19(11-16)31-5-2)32-13-15-6-8-17(9-7-15)26(29)30/h6-12,14H,4-5,13H2,1-3H3/b20-12+/t14-/m1/s1. The molecule has 8 nitrogen and oxygen atoms in total. The quantitative estimate of drug-likeness (QED) is 0.155. The fourth-order valence-corrected chi connectivity index (χ4v) is 4.85. The number of carbonyl (C=O) groups excluding carboxylic acids is 2. The number of ether oxygens (including phenoxy) is 2. The van der Waals surface area contributed by atoms with Gasteiger partial charge in [0.15, 0.2) is 11.5 Å². The van der Waals surface area contributed by atoms with Gasteiger partial charge >= 0.3 is 0 Å². The van der Waals surface area contributed by atoms with Gasteiger partial charge in [-0.1, -0.05) is 6.92 Å². The Hall–Kier alpha value is -2.60. The first kappa shape index (κ1) is 25.0. The number of hydrogen-bond acceptors (Lipinski definition) is 7. The molecule has 0 N–H and O–H groups in total. The molecule has 1 aliphatic rings. The molecule has 2 aromatic carbocycles. The lowest BCUT2D eigenvalue weighted by atomic mass is 10.1. The zero-order valence-corrected chi connectivity index (χ0v) is 21.3. The summed E-state index contributed by atoms with van der Waals surface area (Å²) < 4.78 is 12.5. The van der Waals surface area contributed by atoms with Gasteiger partial charge in [0, 0.05) is 18.2 Å². The van der Waals surface area contributed by atoms with Crippen LogP contribution in [0.15, 0.2) is 41.3 Å². The third-order valence-corrected chi connectivity index (χ3v) is 6.70. The Kier molecular flexibility index (Phi) is 8.35. The Balaban J connectivity index is 1.84. The Bertz CT molecular complexity index is 1100. The molecule has 33 heavy (non-hydrogen) atoms. The molecule has 0 aromatic heterocycles. The molecule has 2 amide bonds. The first-order valence-corrected chi connectivity index (χ1v) is 12.2. The van der Waals surface area contributed by atoms with E-state index in [0.717, 1.165) is 26.5 Å². The van der Waals surface area contributed by atoms with Gasteiger partial charge in [-0.15, -0.1) is 0 Å². The Morgan fingerprint density at radius 3 is 2.48 bits per heavy atom. The molecule has 1 aliphatic heterocycles. The van der Waals surface area contributed by atoms with Crippen molar-refractivity contribution in [2.24, 2.45) is 0 Å². The highest BCUT2D eigenvalue weighted by atomic mass is 127. The predicted octanol–water partition coefficient (Wildman–Crippen LogP) is 6.01. The zero-order valence-electron chi connectivity index (χ0n) is 18.4. The lowest BCUT2D eigenvalue weighted by Gasteiger charge is -2.19. The zero-order chi connectivity index (χ0) is 24.1. The molecule has 0 unspecified atom stereocenters. The number of thioether (sulfide) groups is 1. The number of nitro groups is 1. The van der Waals surface area contributed by atoms with Crippen LogP contribution in [0.4, 0.5) is 10.5 Å². The van der Waals surface area contributed by atoms with Crippen LogP contribution in [0.5, 0.6) is 11.5 Å². The number of amides is 2. The van der Waals surface area contributed by atoms with Gasteiger partial charge in [-0.2, -0.15) is 0 Å².